The summed E-state index contributed by atoms with van der Waals surface area (Å²) in [5.74, 6) is -3.48. The third-order valence-corrected chi connectivity index (χ3v) is 7.66. The summed E-state index contributed by atoms with van der Waals surface area (Å²) < 4.78 is 28.9. The smallest absolute Gasteiger partial charge is 0.237 e. The molecule has 200 valence electrons. The third-order valence-electron chi connectivity index (χ3n) is 7.43. The van der Waals surface area contributed by atoms with E-state index in [-0.39, 0.29) is 29.7 Å². The predicted molar refractivity (Wildman–Crippen MR) is 138 cm³/mol. The van der Waals surface area contributed by atoms with Gasteiger partial charge >= 0.3 is 0 Å². The molecule has 6 nitrogen and oxygen atoms in total. The molecular weight excluding hydrogens is 502 g/mol. The molecule has 2 aliphatic rings. The predicted octanol–water partition coefficient (Wildman–Crippen LogP) is 4.46. The molecule has 0 radical (unpaired) electrons. The summed E-state index contributed by atoms with van der Waals surface area (Å²) in [7, 11) is 0. The molecular formula is C28H33ClF2N2O4. The molecule has 4 N–H and O–H groups in total. The largest absolute Gasteiger partial charge is 0.394 e. The SMILES string of the molecule is CC(C)(C)C[C@H]1N[C@@H](C(=O)CCC[C@H](O)CO)[C@H](c2cccc(Cl)c2)[C@@]12C(=O)Nc1cc(F)c(F)cc12. The van der Waals surface area contributed by atoms with E-state index in [0.29, 0.717) is 29.0 Å². The maximum absolute atomic E-state index is 14.7. The van der Waals surface area contributed by atoms with Gasteiger partial charge in [-0.2, -0.15) is 0 Å². The van der Waals surface area contributed by atoms with E-state index in [9.17, 15) is 23.5 Å². The Morgan fingerprint density at radius 2 is 1.89 bits per heavy atom. The zero-order chi connectivity index (χ0) is 27.1. The Balaban J connectivity index is 1.89. The fourth-order valence-electron chi connectivity index (χ4n) is 5.94. The number of aliphatic hydroxyl groups excluding tert-OH is 2. The van der Waals surface area contributed by atoms with Gasteiger partial charge in [0, 0.05) is 35.2 Å². The quantitative estimate of drug-likeness (QED) is 0.401. The molecule has 9 heteroatoms. The van der Waals surface area contributed by atoms with Gasteiger partial charge in [-0.1, -0.05) is 44.5 Å². The first-order chi connectivity index (χ1) is 17.4. The monoisotopic (exact) mass is 534 g/mol. The van der Waals surface area contributed by atoms with Crippen molar-refractivity contribution >= 4 is 29.0 Å². The second kappa shape index (κ2) is 10.4. The summed E-state index contributed by atoms with van der Waals surface area (Å²) in [6.45, 7) is 5.65. The van der Waals surface area contributed by atoms with E-state index < -0.39 is 53.7 Å². The molecule has 0 saturated carbocycles. The highest BCUT2D eigenvalue weighted by Crippen LogP contribution is 2.57. The van der Waals surface area contributed by atoms with Crippen molar-refractivity contribution in [2.75, 3.05) is 11.9 Å². The highest BCUT2D eigenvalue weighted by atomic mass is 35.5. The van der Waals surface area contributed by atoms with Crippen LogP contribution >= 0.6 is 11.6 Å². The van der Waals surface area contributed by atoms with Crippen LogP contribution in [-0.2, 0) is 15.0 Å². The number of Topliss-reactive ketones (excluding diaryl/α,β-unsaturated/α-hetero) is 1. The Kier molecular flexibility index (Phi) is 7.77. The van der Waals surface area contributed by atoms with Crippen LogP contribution < -0.4 is 10.6 Å². The van der Waals surface area contributed by atoms with Gasteiger partial charge in [0.1, 0.15) is 11.2 Å². The highest BCUT2D eigenvalue weighted by Gasteiger charge is 2.65. The van der Waals surface area contributed by atoms with Crippen LogP contribution in [0.5, 0.6) is 0 Å². The highest BCUT2D eigenvalue weighted by molar-refractivity contribution is 6.30. The number of benzene rings is 2. The maximum Gasteiger partial charge on any atom is 0.237 e. The Bertz CT molecular complexity index is 1200. The maximum atomic E-state index is 14.7. The number of hydrogen-bond acceptors (Lipinski definition) is 5. The number of amides is 1. The average Bonchev–Trinajstić information content (AvgIpc) is 3.28. The Morgan fingerprint density at radius 3 is 2.54 bits per heavy atom. The van der Waals surface area contributed by atoms with Gasteiger partial charge in [-0.3, -0.25) is 9.59 Å². The zero-order valence-corrected chi connectivity index (χ0v) is 21.9. The van der Waals surface area contributed by atoms with Crippen molar-refractivity contribution in [3.05, 3.63) is 64.2 Å². The number of rotatable bonds is 8. The van der Waals surface area contributed by atoms with Crippen molar-refractivity contribution in [2.45, 2.75) is 76.0 Å². The summed E-state index contributed by atoms with van der Waals surface area (Å²) in [5.41, 5.74) is -0.524. The first kappa shape index (κ1) is 27.6. The molecule has 5 atom stereocenters. The second-order valence-electron chi connectivity index (χ2n) is 11.3. The van der Waals surface area contributed by atoms with Crippen LogP contribution in [-0.4, -0.2) is 46.7 Å². The van der Waals surface area contributed by atoms with Gasteiger partial charge in [-0.25, -0.2) is 8.78 Å². The first-order valence-electron chi connectivity index (χ1n) is 12.5. The van der Waals surface area contributed by atoms with Gasteiger partial charge in [0.15, 0.2) is 11.6 Å². The van der Waals surface area contributed by atoms with Crippen molar-refractivity contribution in [3.63, 3.8) is 0 Å². The lowest BCUT2D eigenvalue weighted by atomic mass is 9.62. The van der Waals surface area contributed by atoms with Crippen molar-refractivity contribution in [1.82, 2.24) is 5.32 Å². The summed E-state index contributed by atoms with van der Waals surface area (Å²) >= 11 is 6.34. The Labute approximate surface area is 220 Å². The molecule has 1 amide bonds. The average molecular weight is 535 g/mol. The van der Waals surface area contributed by atoms with Gasteiger partial charge in [-0.05, 0) is 54.0 Å². The number of aliphatic hydroxyl groups is 2. The van der Waals surface area contributed by atoms with Gasteiger partial charge in [0.25, 0.3) is 0 Å². The minimum Gasteiger partial charge on any atom is -0.394 e. The van der Waals surface area contributed by atoms with Crippen LogP contribution in [0.1, 0.15) is 63.5 Å². The molecule has 0 unspecified atom stereocenters. The number of nitrogens with one attached hydrogen (secondary N) is 2. The lowest BCUT2D eigenvalue weighted by molar-refractivity contribution is -0.122. The molecule has 0 aromatic heterocycles. The standard InChI is InChI=1S/C28H33ClF2N2O4/c1-27(2,3)13-23-28(18-11-19(30)20(31)12-21(18)32-26(28)37)24(15-6-4-7-16(29)10-15)25(33-23)22(36)9-5-8-17(35)14-34/h4,6-7,10-12,17,23-25,33-35H,5,8-9,13-14H2,1-3H3,(H,32,37)/t17-,23+,24-,25-,28-/m0/s1. The molecule has 2 heterocycles. The number of carbonyl (C=O) groups excluding carboxylic acids is 2. The molecule has 2 aromatic carbocycles. The normalized spacial score (nSPS) is 25.8. The fourth-order valence-corrected chi connectivity index (χ4v) is 6.14. The Morgan fingerprint density at radius 1 is 1.19 bits per heavy atom. The van der Waals surface area contributed by atoms with Crippen LogP contribution in [0, 0.1) is 17.0 Å². The fraction of sp³-hybridized carbons (Fsp3) is 0.500. The van der Waals surface area contributed by atoms with Crippen molar-refractivity contribution in [2.24, 2.45) is 5.41 Å². The molecule has 2 aromatic rings. The van der Waals surface area contributed by atoms with Crippen LogP contribution in [0.25, 0.3) is 0 Å². The molecule has 0 aliphatic carbocycles. The van der Waals surface area contributed by atoms with Crippen LogP contribution in [0.4, 0.5) is 14.5 Å². The molecule has 0 bridgehead atoms. The summed E-state index contributed by atoms with van der Waals surface area (Å²) in [6.07, 6.45) is 0.263. The second-order valence-corrected chi connectivity index (χ2v) is 11.8. The van der Waals surface area contributed by atoms with Gasteiger partial charge in [0.05, 0.1) is 18.8 Å². The number of hydrogen-bond donors (Lipinski definition) is 4. The summed E-state index contributed by atoms with van der Waals surface area (Å²) in [5, 5.41) is 25.4. The molecule has 1 fully saturated rings. The molecule has 37 heavy (non-hydrogen) atoms. The van der Waals surface area contributed by atoms with Crippen LogP contribution in [0.3, 0.4) is 0 Å². The first-order valence-corrected chi connectivity index (χ1v) is 12.9. The van der Waals surface area contributed by atoms with Crippen LogP contribution in [0.15, 0.2) is 36.4 Å². The number of halogens is 3. The number of ketones is 1. The van der Waals surface area contributed by atoms with Gasteiger partial charge in [0.2, 0.25) is 5.91 Å². The van der Waals surface area contributed by atoms with Crippen LogP contribution in [0.2, 0.25) is 5.02 Å². The molecule has 1 saturated heterocycles. The minimum absolute atomic E-state index is 0.108. The van der Waals surface area contributed by atoms with E-state index >= 15 is 0 Å². The summed E-state index contributed by atoms with van der Waals surface area (Å²) in [4.78, 5) is 27.6. The molecule has 4 rings (SSSR count). The molecule has 1 spiro atoms. The lowest BCUT2D eigenvalue weighted by Gasteiger charge is -2.37. The number of carbonyl (C=O) groups is 2. The van der Waals surface area contributed by atoms with Crippen molar-refractivity contribution in [1.29, 1.82) is 0 Å². The van der Waals surface area contributed by atoms with Crippen molar-refractivity contribution in [3.8, 4) is 0 Å². The number of anilines is 1. The zero-order valence-electron chi connectivity index (χ0n) is 21.2. The number of fused-ring (bicyclic) bond motifs is 2. The van der Waals surface area contributed by atoms with Gasteiger partial charge < -0.3 is 20.8 Å². The van der Waals surface area contributed by atoms with Gasteiger partial charge in [-0.15, -0.1) is 0 Å². The van der Waals surface area contributed by atoms with Crippen molar-refractivity contribution < 1.29 is 28.6 Å². The van der Waals surface area contributed by atoms with E-state index in [1.807, 2.05) is 20.8 Å². The minimum atomic E-state index is -1.40. The lowest BCUT2D eigenvalue weighted by Crippen LogP contribution is -2.49. The topological polar surface area (TPSA) is 98.7 Å². The van der Waals surface area contributed by atoms with E-state index in [0.717, 1.165) is 12.1 Å². The van der Waals surface area contributed by atoms with E-state index in [1.54, 1.807) is 24.3 Å². The third kappa shape index (κ3) is 5.17. The molecule has 2 aliphatic heterocycles. The van der Waals surface area contributed by atoms with E-state index in [4.69, 9.17) is 16.7 Å². The van der Waals surface area contributed by atoms with E-state index in [1.165, 1.54) is 0 Å². The Hall–Kier alpha value is -2.39. The van der Waals surface area contributed by atoms with E-state index in [2.05, 4.69) is 10.6 Å². The summed E-state index contributed by atoms with van der Waals surface area (Å²) in [6, 6.07) is 7.60.